The summed E-state index contributed by atoms with van der Waals surface area (Å²) in [6.07, 6.45) is 0.969. The van der Waals surface area contributed by atoms with Crippen molar-refractivity contribution in [1.82, 2.24) is 5.32 Å². The smallest absolute Gasteiger partial charge is 0.123 e. The van der Waals surface area contributed by atoms with Gasteiger partial charge in [-0.1, -0.05) is 19.1 Å². The molecule has 0 saturated heterocycles. The lowest BCUT2D eigenvalue weighted by Crippen LogP contribution is -2.22. The normalized spacial score (nSPS) is 12.6. The molecule has 4 heteroatoms. The second-order valence-corrected chi connectivity index (χ2v) is 6.31. The van der Waals surface area contributed by atoms with Gasteiger partial charge in [-0.3, -0.25) is 0 Å². The van der Waals surface area contributed by atoms with E-state index in [4.69, 9.17) is 0 Å². The van der Waals surface area contributed by atoms with E-state index < -0.39 is 0 Å². The third kappa shape index (κ3) is 4.13. The number of nitrogens with one attached hydrogen (secondary N) is 1. The van der Waals surface area contributed by atoms with Gasteiger partial charge in [0.25, 0.3) is 0 Å². The first-order valence-corrected chi connectivity index (χ1v) is 8.06. The van der Waals surface area contributed by atoms with Gasteiger partial charge in [-0.05, 0) is 58.0 Å². The van der Waals surface area contributed by atoms with Gasteiger partial charge in [0.1, 0.15) is 5.82 Å². The Kier molecular flexibility index (Phi) is 5.55. The molecule has 0 aliphatic rings. The van der Waals surface area contributed by atoms with Gasteiger partial charge in [0.05, 0.1) is 0 Å². The lowest BCUT2D eigenvalue weighted by molar-refractivity contribution is 0.592. The monoisotopic (exact) mass is 341 g/mol. The second kappa shape index (κ2) is 7.17. The molecule has 1 nitrogen and oxygen atoms in total. The minimum atomic E-state index is -0.178. The number of hydrogen-bond donors (Lipinski definition) is 1. The molecule has 1 atom stereocenters. The molecule has 1 aromatic heterocycles. The van der Waals surface area contributed by atoms with Crippen LogP contribution < -0.4 is 5.32 Å². The molecule has 2 aromatic rings. The first kappa shape index (κ1) is 14.7. The van der Waals surface area contributed by atoms with E-state index in [-0.39, 0.29) is 5.82 Å². The Morgan fingerprint density at radius 2 is 2.00 bits per heavy atom. The second-order valence-electron chi connectivity index (χ2n) is 4.45. The molecular formula is C15H17BrFNS. The zero-order valence-corrected chi connectivity index (χ0v) is 13.2. The molecule has 1 aromatic carbocycles. The Morgan fingerprint density at radius 1 is 1.26 bits per heavy atom. The molecule has 0 radical (unpaired) electrons. The Balaban J connectivity index is 2.15. The van der Waals surface area contributed by atoms with Crippen molar-refractivity contribution in [2.45, 2.75) is 19.3 Å². The highest BCUT2D eigenvalue weighted by atomic mass is 79.9. The van der Waals surface area contributed by atoms with Crippen LogP contribution in [0.2, 0.25) is 0 Å². The number of thiophene rings is 1. The first-order valence-electron chi connectivity index (χ1n) is 6.38. The van der Waals surface area contributed by atoms with Gasteiger partial charge in [-0.25, -0.2) is 4.39 Å². The standard InChI is InChI=1S/C15H17BrFNS/c1-2-18-10-12(9-15-14(16)7-8-19-15)11-3-5-13(17)6-4-11/h3-8,12,18H,2,9-10H2,1H3. The Labute approximate surface area is 126 Å². The van der Waals surface area contributed by atoms with Crippen molar-refractivity contribution in [1.29, 1.82) is 0 Å². The molecule has 0 spiro atoms. The van der Waals surface area contributed by atoms with Gasteiger partial charge in [0, 0.05) is 21.8 Å². The number of rotatable bonds is 6. The molecule has 0 amide bonds. The summed E-state index contributed by atoms with van der Waals surface area (Å²) in [6.45, 7) is 3.96. The lowest BCUT2D eigenvalue weighted by atomic mass is 9.95. The maximum Gasteiger partial charge on any atom is 0.123 e. The predicted octanol–water partition coefficient (Wildman–Crippen LogP) is 4.59. The van der Waals surface area contributed by atoms with Gasteiger partial charge in [0.15, 0.2) is 0 Å². The van der Waals surface area contributed by atoms with E-state index in [1.54, 1.807) is 11.3 Å². The molecule has 1 heterocycles. The highest BCUT2D eigenvalue weighted by Crippen LogP contribution is 2.29. The molecule has 19 heavy (non-hydrogen) atoms. The van der Waals surface area contributed by atoms with Crippen molar-refractivity contribution in [3.8, 4) is 0 Å². The number of halogens is 2. The molecule has 1 N–H and O–H groups in total. The average molecular weight is 342 g/mol. The quantitative estimate of drug-likeness (QED) is 0.810. The van der Waals surface area contributed by atoms with Crippen LogP contribution >= 0.6 is 27.3 Å². The van der Waals surface area contributed by atoms with Crippen molar-refractivity contribution in [3.05, 3.63) is 56.4 Å². The zero-order chi connectivity index (χ0) is 13.7. The van der Waals surface area contributed by atoms with E-state index in [0.717, 1.165) is 19.5 Å². The third-order valence-electron chi connectivity index (χ3n) is 3.10. The van der Waals surface area contributed by atoms with E-state index in [2.05, 4.69) is 39.6 Å². The zero-order valence-electron chi connectivity index (χ0n) is 10.8. The van der Waals surface area contributed by atoms with Gasteiger partial charge in [-0.15, -0.1) is 11.3 Å². The van der Waals surface area contributed by atoms with Gasteiger partial charge < -0.3 is 5.32 Å². The summed E-state index contributed by atoms with van der Waals surface area (Å²) in [6, 6.07) is 8.93. The predicted molar refractivity (Wildman–Crippen MR) is 83.4 cm³/mol. The van der Waals surface area contributed by atoms with Crippen LogP contribution in [0.1, 0.15) is 23.3 Å². The SMILES string of the molecule is CCNCC(Cc1sccc1Br)c1ccc(F)cc1. The first-order chi connectivity index (χ1) is 9.20. The summed E-state index contributed by atoms with van der Waals surface area (Å²) in [4.78, 5) is 1.34. The van der Waals surface area contributed by atoms with Gasteiger partial charge >= 0.3 is 0 Å². The molecule has 0 fully saturated rings. The number of benzene rings is 1. The third-order valence-corrected chi connectivity index (χ3v) is 5.05. The molecule has 0 saturated carbocycles. The number of hydrogen-bond acceptors (Lipinski definition) is 2. The summed E-state index contributed by atoms with van der Waals surface area (Å²) >= 11 is 5.34. The largest absolute Gasteiger partial charge is 0.316 e. The Morgan fingerprint density at radius 3 is 2.58 bits per heavy atom. The maximum absolute atomic E-state index is 13.0. The van der Waals surface area contributed by atoms with Crippen molar-refractivity contribution in [2.75, 3.05) is 13.1 Å². The molecule has 2 rings (SSSR count). The van der Waals surface area contributed by atoms with Crippen molar-refractivity contribution >= 4 is 27.3 Å². The van der Waals surface area contributed by atoms with Crippen LogP contribution in [0.5, 0.6) is 0 Å². The van der Waals surface area contributed by atoms with Crippen LogP contribution in [0.15, 0.2) is 40.2 Å². The Hall–Kier alpha value is -0.710. The fourth-order valence-corrected chi connectivity index (χ4v) is 3.65. The number of likely N-dealkylation sites (N-methyl/N-ethyl adjacent to an activating group) is 1. The molecule has 0 aliphatic carbocycles. The molecular weight excluding hydrogens is 325 g/mol. The lowest BCUT2D eigenvalue weighted by Gasteiger charge is -2.17. The van der Waals surface area contributed by atoms with E-state index >= 15 is 0 Å². The van der Waals surface area contributed by atoms with Gasteiger partial charge in [-0.2, -0.15) is 0 Å². The van der Waals surface area contributed by atoms with Crippen LogP contribution in [0.4, 0.5) is 4.39 Å². The van der Waals surface area contributed by atoms with Crippen LogP contribution in [0.25, 0.3) is 0 Å². The minimum Gasteiger partial charge on any atom is -0.316 e. The topological polar surface area (TPSA) is 12.0 Å². The van der Waals surface area contributed by atoms with Crippen LogP contribution in [-0.2, 0) is 6.42 Å². The van der Waals surface area contributed by atoms with Crippen molar-refractivity contribution in [2.24, 2.45) is 0 Å². The highest BCUT2D eigenvalue weighted by molar-refractivity contribution is 9.10. The summed E-state index contributed by atoms with van der Waals surface area (Å²) in [5.41, 5.74) is 1.18. The van der Waals surface area contributed by atoms with Gasteiger partial charge in [0.2, 0.25) is 0 Å². The summed E-state index contributed by atoms with van der Waals surface area (Å²) in [5, 5.41) is 5.48. The van der Waals surface area contributed by atoms with Crippen LogP contribution in [0, 0.1) is 5.82 Å². The highest BCUT2D eigenvalue weighted by Gasteiger charge is 2.14. The van der Waals surface area contributed by atoms with Crippen LogP contribution in [-0.4, -0.2) is 13.1 Å². The van der Waals surface area contributed by atoms with Crippen molar-refractivity contribution < 1.29 is 4.39 Å². The van der Waals surface area contributed by atoms with E-state index in [1.807, 2.05) is 12.1 Å². The fourth-order valence-electron chi connectivity index (χ4n) is 2.06. The fraction of sp³-hybridized carbons (Fsp3) is 0.333. The minimum absolute atomic E-state index is 0.178. The maximum atomic E-state index is 13.0. The molecule has 102 valence electrons. The van der Waals surface area contributed by atoms with Crippen molar-refractivity contribution in [3.63, 3.8) is 0 Å². The molecule has 1 unspecified atom stereocenters. The van der Waals surface area contributed by atoms with E-state index in [9.17, 15) is 4.39 Å². The van der Waals surface area contributed by atoms with E-state index in [1.165, 1.54) is 27.0 Å². The average Bonchev–Trinajstić information content (AvgIpc) is 2.81. The van der Waals surface area contributed by atoms with Crippen LogP contribution in [0.3, 0.4) is 0 Å². The summed E-state index contributed by atoms with van der Waals surface area (Å²) < 4.78 is 14.2. The molecule has 0 aliphatic heterocycles. The Bertz CT molecular complexity index is 509. The molecule has 0 bridgehead atoms. The summed E-state index contributed by atoms with van der Waals surface area (Å²) in [7, 11) is 0. The van der Waals surface area contributed by atoms with E-state index in [0.29, 0.717) is 5.92 Å². The summed E-state index contributed by atoms with van der Waals surface area (Å²) in [5.74, 6) is 0.193.